The van der Waals surface area contributed by atoms with Crippen molar-refractivity contribution in [3.05, 3.63) is 53.6 Å². The van der Waals surface area contributed by atoms with Crippen molar-refractivity contribution >= 4 is 10.0 Å². The molecule has 0 saturated heterocycles. The second kappa shape index (κ2) is 7.80. The molecule has 0 amide bonds. The van der Waals surface area contributed by atoms with Crippen LogP contribution in [0.3, 0.4) is 0 Å². The maximum Gasteiger partial charge on any atom is 0.416 e. The molecule has 0 radical (unpaired) electrons. The Morgan fingerprint density at radius 3 is 2.42 bits per heavy atom. The van der Waals surface area contributed by atoms with Crippen LogP contribution in [0.4, 0.5) is 13.2 Å². The summed E-state index contributed by atoms with van der Waals surface area (Å²) in [6.07, 6.45) is 1.11. The fourth-order valence-electron chi connectivity index (χ4n) is 2.15. The van der Waals surface area contributed by atoms with Crippen LogP contribution in [0.25, 0.3) is 0 Å². The molecular weight excluding hydrogens is 343 g/mol. The molecular formula is C15H18F3N3O2S. The summed E-state index contributed by atoms with van der Waals surface area (Å²) in [4.78, 5) is 6.85. The first-order chi connectivity index (χ1) is 11.3. The van der Waals surface area contributed by atoms with Crippen LogP contribution in [0.2, 0.25) is 0 Å². The van der Waals surface area contributed by atoms with Crippen molar-refractivity contribution < 1.29 is 21.6 Å². The van der Waals surface area contributed by atoms with Gasteiger partial charge in [0.2, 0.25) is 10.0 Å². The third kappa shape index (κ3) is 5.97. The molecule has 0 saturated carbocycles. The molecule has 1 heterocycles. The molecule has 1 aromatic heterocycles. The molecule has 132 valence electrons. The Kier molecular flexibility index (Phi) is 6.00. The highest BCUT2D eigenvalue weighted by atomic mass is 32.2. The molecule has 5 nitrogen and oxygen atoms in total. The van der Waals surface area contributed by atoms with Gasteiger partial charge in [-0.05, 0) is 37.0 Å². The molecule has 0 fully saturated rings. The highest BCUT2D eigenvalue weighted by Crippen LogP contribution is 2.29. The zero-order valence-electron chi connectivity index (χ0n) is 12.8. The highest BCUT2D eigenvalue weighted by molar-refractivity contribution is 7.88. The first kappa shape index (κ1) is 18.5. The van der Waals surface area contributed by atoms with Crippen molar-refractivity contribution in [2.45, 2.75) is 31.2 Å². The Balaban J connectivity index is 1.76. The van der Waals surface area contributed by atoms with Gasteiger partial charge in [-0.2, -0.15) is 13.2 Å². The van der Waals surface area contributed by atoms with E-state index in [2.05, 4.69) is 14.7 Å². The number of aryl methyl sites for hydroxylation is 1. The number of H-pyrrole nitrogens is 1. The number of hydrogen-bond donors (Lipinski definition) is 2. The second-order valence-electron chi connectivity index (χ2n) is 5.38. The first-order valence-corrected chi connectivity index (χ1v) is 9.02. The number of nitrogens with zero attached hydrogens (tertiary/aromatic N) is 1. The van der Waals surface area contributed by atoms with Crippen molar-refractivity contribution in [2.75, 3.05) is 6.54 Å². The second-order valence-corrected chi connectivity index (χ2v) is 7.19. The summed E-state index contributed by atoms with van der Waals surface area (Å²) in [5, 5.41) is 0. The van der Waals surface area contributed by atoms with E-state index in [1.165, 1.54) is 12.1 Å². The van der Waals surface area contributed by atoms with Gasteiger partial charge in [0.05, 0.1) is 17.6 Å². The number of unbranched alkanes of at least 4 members (excludes halogenated alkanes) is 1. The molecule has 0 unspecified atom stereocenters. The lowest BCUT2D eigenvalue weighted by Gasteiger charge is -2.09. The van der Waals surface area contributed by atoms with Gasteiger partial charge in [-0.15, -0.1) is 0 Å². The number of aromatic amines is 1. The Morgan fingerprint density at radius 1 is 1.12 bits per heavy atom. The number of benzene rings is 1. The van der Waals surface area contributed by atoms with E-state index in [9.17, 15) is 21.6 Å². The van der Waals surface area contributed by atoms with Gasteiger partial charge in [-0.3, -0.25) is 0 Å². The molecule has 9 heteroatoms. The lowest BCUT2D eigenvalue weighted by Crippen LogP contribution is -2.26. The summed E-state index contributed by atoms with van der Waals surface area (Å²) in [7, 11) is -3.57. The summed E-state index contributed by atoms with van der Waals surface area (Å²) in [5.74, 6) is -0.342. The summed E-state index contributed by atoms with van der Waals surface area (Å²) in [5.41, 5.74) is 0.506. The van der Waals surface area contributed by atoms with E-state index in [1.807, 2.05) is 0 Å². The third-order valence-electron chi connectivity index (χ3n) is 3.39. The van der Waals surface area contributed by atoms with Gasteiger partial charge in [0.1, 0.15) is 0 Å². The molecule has 0 aliphatic rings. The Bertz CT molecular complexity index is 726. The molecule has 0 spiro atoms. The minimum Gasteiger partial charge on any atom is -0.348 e. The van der Waals surface area contributed by atoms with Gasteiger partial charge in [-0.25, -0.2) is 18.1 Å². The Hall–Kier alpha value is -1.87. The maximum absolute atomic E-state index is 12.5. The van der Waals surface area contributed by atoms with Gasteiger partial charge < -0.3 is 4.98 Å². The van der Waals surface area contributed by atoms with Gasteiger partial charge in [0.25, 0.3) is 0 Å². The van der Waals surface area contributed by atoms with Gasteiger partial charge in [-0.1, -0.05) is 12.1 Å². The van der Waals surface area contributed by atoms with E-state index in [1.54, 1.807) is 12.5 Å². The zero-order chi connectivity index (χ0) is 17.6. The summed E-state index contributed by atoms with van der Waals surface area (Å²) in [6, 6.07) is 4.13. The van der Waals surface area contributed by atoms with Crippen LogP contribution < -0.4 is 4.72 Å². The largest absolute Gasteiger partial charge is 0.416 e. The molecule has 24 heavy (non-hydrogen) atoms. The zero-order valence-corrected chi connectivity index (χ0v) is 13.6. The number of aromatic nitrogens is 2. The minimum atomic E-state index is -4.43. The molecule has 0 bridgehead atoms. The maximum atomic E-state index is 12.5. The average Bonchev–Trinajstić information content (AvgIpc) is 2.99. The highest BCUT2D eigenvalue weighted by Gasteiger charge is 2.30. The van der Waals surface area contributed by atoms with Crippen molar-refractivity contribution in [2.24, 2.45) is 0 Å². The fourth-order valence-corrected chi connectivity index (χ4v) is 3.34. The van der Waals surface area contributed by atoms with E-state index < -0.39 is 21.8 Å². The van der Waals surface area contributed by atoms with Gasteiger partial charge in [0, 0.05) is 18.4 Å². The van der Waals surface area contributed by atoms with Crippen LogP contribution in [0.5, 0.6) is 0 Å². The normalized spacial score (nSPS) is 12.5. The van der Waals surface area contributed by atoms with Crippen molar-refractivity contribution in [1.29, 1.82) is 0 Å². The molecule has 2 N–H and O–H groups in total. The van der Waals surface area contributed by atoms with E-state index in [0.29, 0.717) is 12.0 Å². The number of halogens is 3. The Labute approximate surface area is 138 Å². The van der Waals surface area contributed by atoms with Crippen LogP contribution >= 0.6 is 0 Å². The quantitative estimate of drug-likeness (QED) is 0.710. The van der Waals surface area contributed by atoms with Gasteiger partial charge in [0.15, 0.2) is 0 Å². The fraction of sp³-hybridized carbons (Fsp3) is 0.400. The molecule has 0 aliphatic heterocycles. The van der Waals surface area contributed by atoms with E-state index >= 15 is 0 Å². The smallest absolute Gasteiger partial charge is 0.348 e. The standard InChI is InChI=1S/C15H18F3N3O2S/c16-15(17,18)13-6-4-12(5-7-13)10-24(22,23)21-8-2-1-3-14-9-19-11-20-14/h4-7,9,11,21H,1-3,8,10H2,(H,19,20). The summed E-state index contributed by atoms with van der Waals surface area (Å²) in [6.45, 7) is 0.289. The average molecular weight is 361 g/mol. The van der Waals surface area contributed by atoms with Crippen molar-refractivity contribution in [3.63, 3.8) is 0 Å². The summed E-state index contributed by atoms with van der Waals surface area (Å²) >= 11 is 0. The number of alkyl halides is 3. The number of rotatable bonds is 8. The van der Waals surface area contributed by atoms with E-state index in [0.717, 1.165) is 30.7 Å². The molecule has 1 aromatic carbocycles. The number of nitrogens with one attached hydrogen (secondary N) is 2. The van der Waals surface area contributed by atoms with Crippen LogP contribution in [0.1, 0.15) is 29.7 Å². The number of sulfonamides is 1. The summed E-state index contributed by atoms with van der Waals surface area (Å²) < 4.78 is 63.7. The first-order valence-electron chi connectivity index (χ1n) is 7.37. The SMILES string of the molecule is O=S(=O)(Cc1ccc(C(F)(F)F)cc1)NCCCCc1cnc[nH]1. The third-order valence-corrected chi connectivity index (χ3v) is 4.74. The van der Waals surface area contributed by atoms with Crippen LogP contribution in [-0.2, 0) is 28.4 Å². The lowest BCUT2D eigenvalue weighted by atomic mass is 10.1. The van der Waals surface area contributed by atoms with Crippen molar-refractivity contribution in [1.82, 2.24) is 14.7 Å². The van der Waals surface area contributed by atoms with E-state index in [4.69, 9.17) is 0 Å². The Morgan fingerprint density at radius 2 is 1.83 bits per heavy atom. The molecule has 0 atom stereocenters. The van der Waals surface area contributed by atoms with Crippen LogP contribution in [0.15, 0.2) is 36.8 Å². The predicted octanol–water partition coefficient (Wildman–Crippen LogP) is 2.87. The monoisotopic (exact) mass is 361 g/mol. The molecule has 2 aromatic rings. The molecule has 2 rings (SSSR count). The minimum absolute atomic E-state index is 0.289. The van der Waals surface area contributed by atoms with Crippen LogP contribution in [-0.4, -0.2) is 24.9 Å². The van der Waals surface area contributed by atoms with Crippen molar-refractivity contribution in [3.8, 4) is 0 Å². The number of hydrogen-bond acceptors (Lipinski definition) is 3. The topological polar surface area (TPSA) is 74.8 Å². The predicted molar refractivity (Wildman–Crippen MR) is 83.6 cm³/mol. The lowest BCUT2D eigenvalue weighted by molar-refractivity contribution is -0.137. The number of imidazole rings is 1. The van der Waals surface area contributed by atoms with Gasteiger partial charge >= 0.3 is 6.18 Å². The van der Waals surface area contributed by atoms with E-state index in [-0.39, 0.29) is 12.3 Å². The molecule has 0 aliphatic carbocycles. The van der Waals surface area contributed by atoms with Crippen LogP contribution in [0, 0.1) is 0 Å².